The van der Waals surface area contributed by atoms with Gasteiger partial charge in [0.25, 0.3) is 0 Å². The lowest BCUT2D eigenvalue weighted by molar-refractivity contribution is -0.138. The molecule has 1 aromatic carbocycles. The van der Waals surface area contributed by atoms with Crippen molar-refractivity contribution < 1.29 is 24.3 Å². The number of nitrogens with one attached hydrogen (secondary N) is 4. The monoisotopic (exact) mass is 432 g/mol. The lowest BCUT2D eigenvalue weighted by Gasteiger charge is -2.27. The molecule has 0 bridgehead atoms. The van der Waals surface area contributed by atoms with Gasteiger partial charge >= 0.3 is 5.97 Å². The molecule has 0 spiro atoms. The second-order valence-electron chi connectivity index (χ2n) is 7.88. The predicted octanol–water partition coefficient (Wildman–Crippen LogP) is 0.198. The number of amides is 3. The van der Waals surface area contributed by atoms with E-state index in [0.717, 1.165) is 24.9 Å². The molecule has 5 N–H and O–H groups in total. The van der Waals surface area contributed by atoms with Gasteiger partial charge in [-0.2, -0.15) is 0 Å². The molecular weight excluding hydrogens is 400 g/mol. The molecule has 0 aromatic heterocycles. The lowest BCUT2D eigenvalue weighted by Crippen LogP contribution is -2.58. The van der Waals surface area contributed by atoms with Crippen molar-refractivity contribution in [2.45, 2.75) is 57.7 Å². The summed E-state index contributed by atoms with van der Waals surface area (Å²) >= 11 is 0. The van der Waals surface area contributed by atoms with Crippen molar-refractivity contribution in [2.24, 2.45) is 5.92 Å². The Bertz CT molecular complexity index is 764. The first kappa shape index (κ1) is 24.3. The van der Waals surface area contributed by atoms with Crippen LogP contribution >= 0.6 is 0 Å². The number of rotatable bonds is 11. The topological polar surface area (TPSA) is 137 Å². The van der Waals surface area contributed by atoms with Crippen LogP contribution in [-0.4, -0.2) is 60.0 Å². The zero-order valence-electron chi connectivity index (χ0n) is 18.0. The Hall–Kier alpha value is -2.94. The summed E-state index contributed by atoms with van der Waals surface area (Å²) in [6.07, 6.45) is 2.48. The van der Waals surface area contributed by atoms with Gasteiger partial charge in [0.15, 0.2) is 0 Å². The van der Waals surface area contributed by atoms with E-state index in [9.17, 15) is 19.2 Å². The third-order valence-corrected chi connectivity index (χ3v) is 5.50. The molecule has 4 unspecified atom stereocenters. The zero-order chi connectivity index (χ0) is 22.8. The molecule has 9 heteroatoms. The molecule has 1 aliphatic heterocycles. The van der Waals surface area contributed by atoms with Crippen LogP contribution in [0.15, 0.2) is 30.3 Å². The van der Waals surface area contributed by atoms with Gasteiger partial charge in [-0.1, -0.05) is 50.6 Å². The van der Waals surface area contributed by atoms with Crippen molar-refractivity contribution in [3.8, 4) is 0 Å². The number of carboxylic acids is 1. The smallest absolute Gasteiger partial charge is 0.322 e. The van der Waals surface area contributed by atoms with Crippen molar-refractivity contribution in [3.63, 3.8) is 0 Å². The largest absolute Gasteiger partial charge is 0.480 e. The Morgan fingerprint density at radius 3 is 2.42 bits per heavy atom. The van der Waals surface area contributed by atoms with Gasteiger partial charge in [0.2, 0.25) is 17.7 Å². The van der Waals surface area contributed by atoms with Crippen LogP contribution in [0.3, 0.4) is 0 Å². The predicted molar refractivity (Wildman–Crippen MR) is 115 cm³/mol. The average Bonchev–Trinajstić information content (AvgIpc) is 3.30. The number of carbonyl (C=O) groups excluding carboxylic acids is 3. The number of carbonyl (C=O) groups is 4. The summed E-state index contributed by atoms with van der Waals surface area (Å²) in [7, 11) is 0. The molecule has 0 radical (unpaired) electrons. The molecule has 1 heterocycles. The second-order valence-corrected chi connectivity index (χ2v) is 7.88. The van der Waals surface area contributed by atoms with Crippen LogP contribution < -0.4 is 21.3 Å². The molecule has 1 fully saturated rings. The fourth-order valence-electron chi connectivity index (χ4n) is 3.47. The summed E-state index contributed by atoms with van der Waals surface area (Å²) in [5.41, 5.74) is 0.817. The molecule has 2 rings (SSSR count). The van der Waals surface area contributed by atoms with E-state index in [2.05, 4.69) is 21.3 Å². The van der Waals surface area contributed by atoms with Gasteiger partial charge in [0, 0.05) is 6.42 Å². The highest BCUT2D eigenvalue weighted by molar-refractivity contribution is 5.94. The van der Waals surface area contributed by atoms with Crippen LogP contribution in [0.2, 0.25) is 0 Å². The van der Waals surface area contributed by atoms with Crippen LogP contribution in [0, 0.1) is 5.92 Å². The molecule has 9 nitrogen and oxygen atoms in total. The minimum atomic E-state index is -1.17. The molecule has 1 saturated heterocycles. The third-order valence-electron chi connectivity index (χ3n) is 5.50. The first-order valence-corrected chi connectivity index (χ1v) is 10.7. The highest BCUT2D eigenvalue weighted by Crippen LogP contribution is 2.12. The molecule has 31 heavy (non-hydrogen) atoms. The Labute approximate surface area is 182 Å². The molecule has 4 atom stereocenters. The Morgan fingerprint density at radius 1 is 1.13 bits per heavy atom. The highest BCUT2D eigenvalue weighted by Gasteiger charge is 2.32. The van der Waals surface area contributed by atoms with E-state index in [1.165, 1.54) is 0 Å². The molecule has 170 valence electrons. The number of aliphatic carboxylic acids is 1. The van der Waals surface area contributed by atoms with Crippen LogP contribution in [0.1, 0.15) is 38.7 Å². The number of benzene rings is 1. The number of hydrogen-bond acceptors (Lipinski definition) is 5. The van der Waals surface area contributed by atoms with Gasteiger partial charge < -0.3 is 26.4 Å². The van der Waals surface area contributed by atoms with E-state index in [1.807, 2.05) is 44.2 Å². The number of carboxylic acid groups (broad SMARTS) is 1. The SMILES string of the molecule is CCC(C)C(NC(=O)C1CCCN1)C(=O)NC(Cc1ccccc1)C(=O)NCC(=O)O. The quantitative estimate of drug-likeness (QED) is 0.339. The fraction of sp³-hybridized carbons (Fsp3) is 0.545. The van der Waals surface area contributed by atoms with E-state index in [1.54, 1.807) is 0 Å². The zero-order valence-corrected chi connectivity index (χ0v) is 18.0. The normalized spacial score (nSPS) is 18.5. The second kappa shape index (κ2) is 12.0. The summed E-state index contributed by atoms with van der Waals surface area (Å²) in [5, 5.41) is 19.8. The van der Waals surface area contributed by atoms with E-state index in [-0.39, 0.29) is 24.3 Å². The molecule has 0 saturated carbocycles. The maximum absolute atomic E-state index is 13.1. The third kappa shape index (κ3) is 7.67. The minimum Gasteiger partial charge on any atom is -0.480 e. The minimum absolute atomic E-state index is 0.148. The first-order valence-electron chi connectivity index (χ1n) is 10.7. The van der Waals surface area contributed by atoms with Crippen molar-refractivity contribution >= 4 is 23.7 Å². The van der Waals surface area contributed by atoms with Crippen LogP contribution in [-0.2, 0) is 25.6 Å². The summed E-state index contributed by atoms with van der Waals surface area (Å²) in [6.45, 7) is 4.01. The van der Waals surface area contributed by atoms with Gasteiger partial charge in [-0.25, -0.2) is 0 Å². The summed E-state index contributed by atoms with van der Waals surface area (Å²) in [4.78, 5) is 49.1. The van der Waals surface area contributed by atoms with Crippen molar-refractivity contribution in [2.75, 3.05) is 13.1 Å². The Balaban J connectivity index is 2.13. The molecule has 1 aromatic rings. The van der Waals surface area contributed by atoms with Crippen LogP contribution in [0.5, 0.6) is 0 Å². The lowest BCUT2D eigenvalue weighted by atomic mass is 9.96. The summed E-state index contributed by atoms with van der Waals surface area (Å²) in [6, 6.07) is 7.03. The number of hydrogen-bond donors (Lipinski definition) is 5. The maximum atomic E-state index is 13.1. The van der Waals surface area contributed by atoms with Crippen LogP contribution in [0.4, 0.5) is 0 Å². The van der Waals surface area contributed by atoms with E-state index in [4.69, 9.17) is 5.11 Å². The van der Waals surface area contributed by atoms with Gasteiger partial charge in [0.05, 0.1) is 6.04 Å². The summed E-state index contributed by atoms with van der Waals surface area (Å²) in [5.74, 6) is -2.61. The van der Waals surface area contributed by atoms with E-state index < -0.39 is 36.4 Å². The maximum Gasteiger partial charge on any atom is 0.322 e. The molecule has 3 amide bonds. The van der Waals surface area contributed by atoms with Gasteiger partial charge in [-0.15, -0.1) is 0 Å². The fourth-order valence-corrected chi connectivity index (χ4v) is 3.47. The standard InChI is InChI=1S/C22H32N4O5/c1-3-14(2)19(26-21(30)16-10-7-11-23-16)22(31)25-17(20(29)24-13-18(27)28)12-15-8-5-4-6-9-15/h4-6,8-9,14,16-17,19,23H,3,7,10-13H2,1-2H3,(H,24,29)(H,25,31)(H,26,30)(H,27,28). The van der Waals surface area contributed by atoms with Gasteiger partial charge in [-0.05, 0) is 30.9 Å². The Kier molecular flexibility index (Phi) is 9.45. The van der Waals surface area contributed by atoms with Gasteiger partial charge in [0.1, 0.15) is 18.6 Å². The van der Waals surface area contributed by atoms with E-state index >= 15 is 0 Å². The highest BCUT2D eigenvalue weighted by atomic mass is 16.4. The summed E-state index contributed by atoms with van der Waals surface area (Å²) < 4.78 is 0. The van der Waals surface area contributed by atoms with Crippen molar-refractivity contribution in [3.05, 3.63) is 35.9 Å². The molecule has 1 aliphatic rings. The molecular formula is C22H32N4O5. The van der Waals surface area contributed by atoms with Crippen LogP contribution in [0.25, 0.3) is 0 Å². The average molecular weight is 433 g/mol. The van der Waals surface area contributed by atoms with Gasteiger partial charge in [-0.3, -0.25) is 19.2 Å². The Morgan fingerprint density at radius 2 is 1.84 bits per heavy atom. The molecule has 0 aliphatic carbocycles. The van der Waals surface area contributed by atoms with E-state index in [0.29, 0.717) is 6.42 Å². The van der Waals surface area contributed by atoms with Crippen molar-refractivity contribution in [1.82, 2.24) is 21.3 Å². The van der Waals surface area contributed by atoms with Crippen molar-refractivity contribution in [1.29, 1.82) is 0 Å². The first-order chi connectivity index (χ1) is 14.8.